The van der Waals surface area contributed by atoms with E-state index < -0.39 is 24.6 Å². The highest BCUT2D eigenvalue weighted by Gasteiger charge is 2.26. The van der Waals surface area contributed by atoms with E-state index in [0.717, 1.165) is 0 Å². The average molecular weight is 303 g/mol. The minimum Gasteiger partial charge on any atom is -0.480 e. The molecule has 0 saturated carbocycles. The van der Waals surface area contributed by atoms with Crippen molar-refractivity contribution >= 4 is 18.1 Å². The summed E-state index contributed by atoms with van der Waals surface area (Å²) in [4.78, 5) is 35.3. The first-order valence-corrected chi connectivity index (χ1v) is 6.80. The fourth-order valence-electron chi connectivity index (χ4n) is 1.99. The molecule has 21 heavy (non-hydrogen) atoms. The molecule has 0 aromatic carbocycles. The van der Waals surface area contributed by atoms with Crippen LogP contribution < -0.4 is 10.6 Å². The molecule has 120 valence electrons. The Morgan fingerprint density at radius 3 is 2.43 bits per heavy atom. The zero-order valence-corrected chi connectivity index (χ0v) is 11.9. The van der Waals surface area contributed by atoms with E-state index in [4.69, 9.17) is 14.9 Å². The maximum absolute atomic E-state index is 11.6. The average Bonchev–Trinajstić information content (AvgIpc) is 2.45. The van der Waals surface area contributed by atoms with E-state index in [9.17, 15) is 14.4 Å². The Labute approximate surface area is 122 Å². The van der Waals surface area contributed by atoms with Gasteiger partial charge in [0.15, 0.2) is 6.04 Å². The fourth-order valence-corrected chi connectivity index (χ4v) is 1.99. The first-order chi connectivity index (χ1) is 9.97. The van der Waals surface area contributed by atoms with E-state index in [0.29, 0.717) is 32.5 Å². The maximum Gasteiger partial charge on any atom is 0.409 e. The molecule has 9 nitrogen and oxygen atoms in total. The molecule has 1 aliphatic heterocycles. The van der Waals surface area contributed by atoms with Gasteiger partial charge in [-0.1, -0.05) is 0 Å². The number of urea groups is 1. The van der Waals surface area contributed by atoms with Gasteiger partial charge in [-0.3, -0.25) is 0 Å². The maximum atomic E-state index is 11.6. The van der Waals surface area contributed by atoms with Crippen LogP contribution in [0.4, 0.5) is 9.59 Å². The second-order valence-corrected chi connectivity index (χ2v) is 4.65. The van der Waals surface area contributed by atoms with Gasteiger partial charge in [0.1, 0.15) is 0 Å². The Bertz CT molecular complexity index is 381. The lowest BCUT2D eigenvalue weighted by Gasteiger charge is -2.31. The van der Waals surface area contributed by atoms with Crippen molar-refractivity contribution in [1.82, 2.24) is 15.5 Å². The molecule has 1 fully saturated rings. The second-order valence-electron chi connectivity index (χ2n) is 4.65. The molecule has 1 atom stereocenters. The number of rotatable bonds is 5. The van der Waals surface area contributed by atoms with Crippen molar-refractivity contribution in [3.8, 4) is 0 Å². The molecule has 0 spiro atoms. The Balaban J connectivity index is 2.33. The minimum atomic E-state index is -1.33. The van der Waals surface area contributed by atoms with Gasteiger partial charge >= 0.3 is 18.1 Å². The standard InChI is InChI=1S/C12H21N3O6/c1-2-21-12(20)15-5-3-8(4-6-15)13-11(19)14-9(7-16)10(17)18/h8-9,16H,2-7H2,1H3,(H,17,18)(H2,13,14,19). The Kier molecular flexibility index (Phi) is 6.73. The largest absolute Gasteiger partial charge is 0.480 e. The number of carbonyl (C=O) groups excluding carboxylic acids is 2. The number of hydrogen-bond acceptors (Lipinski definition) is 5. The van der Waals surface area contributed by atoms with E-state index >= 15 is 0 Å². The number of ether oxygens (including phenoxy) is 1. The number of nitrogens with one attached hydrogen (secondary N) is 2. The Morgan fingerprint density at radius 2 is 1.95 bits per heavy atom. The fraction of sp³-hybridized carbons (Fsp3) is 0.750. The van der Waals surface area contributed by atoms with Crippen LogP contribution in [0.5, 0.6) is 0 Å². The van der Waals surface area contributed by atoms with Gasteiger partial charge < -0.3 is 30.5 Å². The van der Waals surface area contributed by atoms with Gasteiger partial charge in [-0.25, -0.2) is 14.4 Å². The summed E-state index contributed by atoms with van der Waals surface area (Å²) in [6.45, 7) is 2.30. The topological polar surface area (TPSA) is 128 Å². The summed E-state index contributed by atoms with van der Waals surface area (Å²) in [5, 5.41) is 22.3. The van der Waals surface area contributed by atoms with Crippen LogP contribution in [0, 0.1) is 0 Å². The van der Waals surface area contributed by atoms with Gasteiger partial charge in [-0.15, -0.1) is 0 Å². The molecule has 3 amide bonds. The van der Waals surface area contributed by atoms with Crippen LogP contribution in [-0.2, 0) is 9.53 Å². The molecule has 0 aromatic heterocycles. The molecule has 1 aliphatic rings. The lowest BCUT2D eigenvalue weighted by molar-refractivity contribution is -0.140. The number of carbonyl (C=O) groups is 3. The van der Waals surface area contributed by atoms with Gasteiger partial charge in [0, 0.05) is 19.1 Å². The number of hydrogen-bond donors (Lipinski definition) is 4. The van der Waals surface area contributed by atoms with E-state index in [1.165, 1.54) is 0 Å². The Hall–Kier alpha value is -2.03. The van der Waals surface area contributed by atoms with Crippen LogP contribution in [0.25, 0.3) is 0 Å². The molecule has 0 radical (unpaired) electrons. The molecule has 0 bridgehead atoms. The van der Waals surface area contributed by atoms with Gasteiger partial charge in [-0.2, -0.15) is 0 Å². The number of amides is 3. The van der Waals surface area contributed by atoms with Gasteiger partial charge in [0.05, 0.1) is 13.2 Å². The summed E-state index contributed by atoms with van der Waals surface area (Å²) in [5.74, 6) is -1.30. The number of nitrogens with zero attached hydrogens (tertiary/aromatic N) is 1. The summed E-state index contributed by atoms with van der Waals surface area (Å²) in [6.07, 6.45) is 0.748. The highest BCUT2D eigenvalue weighted by molar-refractivity contribution is 5.82. The van der Waals surface area contributed by atoms with E-state index in [2.05, 4.69) is 10.6 Å². The van der Waals surface area contributed by atoms with Crippen molar-refractivity contribution in [3.63, 3.8) is 0 Å². The highest BCUT2D eigenvalue weighted by Crippen LogP contribution is 2.11. The predicted octanol–water partition coefficient (Wildman–Crippen LogP) is -0.648. The molecule has 1 rings (SSSR count). The van der Waals surface area contributed by atoms with Crippen molar-refractivity contribution in [2.45, 2.75) is 31.8 Å². The number of carboxylic acids is 1. The van der Waals surface area contributed by atoms with Crippen molar-refractivity contribution < 1.29 is 29.3 Å². The number of piperidine rings is 1. The summed E-state index contributed by atoms with van der Waals surface area (Å²) >= 11 is 0. The van der Waals surface area contributed by atoms with Crippen molar-refractivity contribution in [1.29, 1.82) is 0 Å². The van der Waals surface area contributed by atoms with Crippen LogP contribution in [0.3, 0.4) is 0 Å². The van der Waals surface area contributed by atoms with Crippen LogP contribution in [0.15, 0.2) is 0 Å². The van der Waals surface area contributed by atoms with Gasteiger partial charge in [-0.05, 0) is 19.8 Å². The number of carboxylic acid groups (broad SMARTS) is 1. The third-order valence-electron chi connectivity index (χ3n) is 3.14. The molecule has 1 heterocycles. The first-order valence-electron chi connectivity index (χ1n) is 6.80. The number of aliphatic carboxylic acids is 1. The number of aliphatic hydroxyl groups excluding tert-OH is 1. The quantitative estimate of drug-likeness (QED) is 0.534. The van der Waals surface area contributed by atoms with Crippen LogP contribution in [-0.4, -0.2) is 71.6 Å². The van der Waals surface area contributed by atoms with Crippen LogP contribution >= 0.6 is 0 Å². The molecule has 0 aliphatic carbocycles. The predicted molar refractivity (Wildman–Crippen MR) is 71.8 cm³/mol. The van der Waals surface area contributed by atoms with Crippen molar-refractivity contribution in [3.05, 3.63) is 0 Å². The summed E-state index contributed by atoms with van der Waals surface area (Å²) in [5.41, 5.74) is 0. The van der Waals surface area contributed by atoms with Crippen LogP contribution in [0.2, 0.25) is 0 Å². The molecular formula is C12H21N3O6. The second kappa shape index (κ2) is 8.30. The molecule has 9 heteroatoms. The molecule has 0 aromatic rings. The van der Waals surface area contributed by atoms with Crippen molar-refractivity contribution in [2.24, 2.45) is 0 Å². The summed E-state index contributed by atoms with van der Waals surface area (Å²) in [6, 6.07) is -2.13. The SMILES string of the molecule is CCOC(=O)N1CCC(NC(=O)NC(CO)C(=O)O)CC1. The Morgan fingerprint density at radius 1 is 1.33 bits per heavy atom. The van der Waals surface area contributed by atoms with E-state index in [1.54, 1.807) is 11.8 Å². The van der Waals surface area contributed by atoms with E-state index in [-0.39, 0.29) is 12.1 Å². The highest BCUT2D eigenvalue weighted by atomic mass is 16.6. The minimum absolute atomic E-state index is 0.149. The molecule has 1 saturated heterocycles. The molecule has 1 unspecified atom stereocenters. The number of aliphatic hydroxyl groups is 1. The summed E-state index contributed by atoms with van der Waals surface area (Å²) < 4.78 is 4.89. The third kappa shape index (κ3) is 5.46. The van der Waals surface area contributed by atoms with Gasteiger partial charge in [0.25, 0.3) is 0 Å². The molecular weight excluding hydrogens is 282 g/mol. The molecule has 4 N–H and O–H groups in total. The third-order valence-corrected chi connectivity index (χ3v) is 3.14. The lowest BCUT2D eigenvalue weighted by atomic mass is 10.1. The number of likely N-dealkylation sites (tertiary alicyclic amines) is 1. The van der Waals surface area contributed by atoms with Crippen LogP contribution in [0.1, 0.15) is 19.8 Å². The smallest absolute Gasteiger partial charge is 0.409 e. The monoisotopic (exact) mass is 303 g/mol. The first kappa shape index (κ1) is 17.0. The zero-order chi connectivity index (χ0) is 15.8. The normalized spacial score (nSPS) is 17.0. The zero-order valence-electron chi connectivity index (χ0n) is 11.9. The van der Waals surface area contributed by atoms with Crippen molar-refractivity contribution in [2.75, 3.05) is 26.3 Å². The lowest BCUT2D eigenvalue weighted by Crippen LogP contribution is -2.53. The summed E-state index contributed by atoms with van der Waals surface area (Å²) in [7, 11) is 0. The van der Waals surface area contributed by atoms with Gasteiger partial charge in [0.2, 0.25) is 0 Å². The van der Waals surface area contributed by atoms with E-state index in [1.807, 2.05) is 0 Å².